The molecule has 0 heterocycles. The molecule has 1 rings (SSSR count). The molecule has 0 bridgehead atoms. The summed E-state index contributed by atoms with van der Waals surface area (Å²) in [6.07, 6.45) is -0.360. The van der Waals surface area contributed by atoms with Gasteiger partial charge in [0.2, 0.25) is 0 Å². The molecule has 1 fully saturated rings. The maximum absolute atomic E-state index is 12.0. The number of rotatable bonds is 8. The van der Waals surface area contributed by atoms with Gasteiger partial charge in [-0.3, -0.25) is 9.59 Å². The van der Waals surface area contributed by atoms with E-state index in [0.29, 0.717) is 12.8 Å². The summed E-state index contributed by atoms with van der Waals surface area (Å²) in [5, 5.41) is 0. The van der Waals surface area contributed by atoms with Crippen LogP contribution in [0.4, 0.5) is 0 Å². The molecule has 1 saturated carbocycles. The number of carbonyl (C=O) groups excluding carboxylic acids is 4. The molecule has 0 saturated heterocycles. The Hall–Kier alpha value is -2.38. The van der Waals surface area contributed by atoms with Crippen LogP contribution >= 0.6 is 0 Å². The highest BCUT2D eigenvalue weighted by atomic mass is 16.6. The predicted molar refractivity (Wildman–Crippen MR) is 94.3 cm³/mol. The lowest BCUT2D eigenvalue weighted by atomic mass is 9.78. The molecule has 152 valence electrons. The van der Waals surface area contributed by atoms with Gasteiger partial charge in [-0.05, 0) is 31.6 Å². The second-order valence-electron chi connectivity index (χ2n) is 6.92. The van der Waals surface area contributed by atoms with Crippen molar-refractivity contribution in [3.05, 3.63) is 12.2 Å². The third-order valence-electron chi connectivity index (χ3n) is 4.59. The van der Waals surface area contributed by atoms with E-state index >= 15 is 0 Å². The number of ether oxygens (including phenoxy) is 4. The third kappa shape index (κ3) is 7.80. The first-order valence-corrected chi connectivity index (χ1v) is 8.92. The maximum atomic E-state index is 12.0. The van der Waals surface area contributed by atoms with Crippen LogP contribution in [0.3, 0.4) is 0 Å². The highest BCUT2D eigenvalue weighted by molar-refractivity contribution is 5.88. The van der Waals surface area contributed by atoms with Gasteiger partial charge in [-0.25, -0.2) is 9.59 Å². The molecule has 8 nitrogen and oxygen atoms in total. The van der Waals surface area contributed by atoms with Crippen LogP contribution in [0.2, 0.25) is 0 Å². The van der Waals surface area contributed by atoms with E-state index in [9.17, 15) is 19.2 Å². The summed E-state index contributed by atoms with van der Waals surface area (Å²) < 4.78 is 20.1. The molecule has 0 aromatic carbocycles. The van der Waals surface area contributed by atoms with Crippen LogP contribution in [0.15, 0.2) is 12.2 Å². The molecule has 8 heteroatoms. The highest BCUT2D eigenvalue weighted by Gasteiger charge is 2.38. The van der Waals surface area contributed by atoms with Gasteiger partial charge in [0.25, 0.3) is 0 Å². The van der Waals surface area contributed by atoms with Crippen LogP contribution in [-0.4, -0.2) is 49.8 Å². The van der Waals surface area contributed by atoms with E-state index in [1.165, 1.54) is 14.0 Å². The number of carbonyl (C=O) groups is 4. The Balaban J connectivity index is 2.62. The molecule has 0 aromatic rings. The van der Waals surface area contributed by atoms with E-state index in [1.54, 1.807) is 0 Å². The SMILES string of the molecule is C=C(C)C(=O)OCC(=O)OC1CC(C)[C@@H](C)CC1OC(=O)CCC(=O)OC. The number of methoxy groups -OCH3 is 1. The zero-order valence-corrected chi connectivity index (χ0v) is 16.3. The van der Waals surface area contributed by atoms with E-state index < -0.39 is 42.7 Å². The summed E-state index contributed by atoms with van der Waals surface area (Å²) in [6, 6.07) is 0. The molecule has 1 aliphatic rings. The Morgan fingerprint density at radius 1 is 0.889 bits per heavy atom. The topological polar surface area (TPSA) is 105 Å². The molecule has 3 unspecified atom stereocenters. The van der Waals surface area contributed by atoms with Crippen molar-refractivity contribution < 1.29 is 38.1 Å². The van der Waals surface area contributed by atoms with Gasteiger partial charge >= 0.3 is 23.9 Å². The summed E-state index contributed by atoms with van der Waals surface area (Å²) in [7, 11) is 1.24. The number of hydrogen-bond donors (Lipinski definition) is 0. The zero-order chi connectivity index (χ0) is 20.6. The first-order valence-electron chi connectivity index (χ1n) is 8.92. The lowest BCUT2D eigenvalue weighted by Crippen LogP contribution is -2.43. The first kappa shape index (κ1) is 22.7. The second kappa shape index (κ2) is 10.7. The van der Waals surface area contributed by atoms with Gasteiger partial charge in [-0.1, -0.05) is 20.4 Å². The third-order valence-corrected chi connectivity index (χ3v) is 4.59. The normalized spacial score (nSPS) is 24.4. The average Bonchev–Trinajstić information content (AvgIpc) is 2.61. The van der Waals surface area contributed by atoms with E-state index in [0.717, 1.165) is 0 Å². The van der Waals surface area contributed by atoms with E-state index in [-0.39, 0.29) is 30.3 Å². The minimum atomic E-state index is -0.716. The van der Waals surface area contributed by atoms with Crippen LogP contribution in [0.5, 0.6) is 0 Å². The number of esters is 4. The summed E-state index contributed by atoms with van der Waals surface area (Å²) in [6.45, 7) is 8.44. The van der Waals surface area contributed by atoms with Gasteiger partial charge in [0, 0.05) is 5.57 Å². The van der Waals surface area contributed by atoms with Gasteiger partial charge < -0.3 is 18.9 Å². The Kier molecular flexibility index (Phi) is 8.97. The lowest BCUT2D eigenvalue weighted by molar-refractivity contribution is -0.179. The summed E-state index contributed by atoms with van der Waals surface area (Å²) in [5.41, 5.74) is 0.181. The van der Waals surface area contributed by atoms with Crippen molar-refractivity contribution in [1.29, 1.82) is 0 Å². The fourth-order valence-electron chi connectivity index (χ4n) is 2.73. The fraction of sp³-hybridized carbons (Fsp3) is 0.684. The largest absolute Gasteiger partial charge is 0.469 e. The van der Waals surface area contributed by atoms with Crippen LogP contribution in [0.25, 0.3) is 0 Å². The zero-order valence-electron chi connectivity index (χ0n) is 16.3. The van der Waals surface area contributed by atoms with Gasteiger partial charge in [0.1, 0.15) is 12.2 Å². The van der Waals surface area contributed by atoms with Gasteiger partial charge in [0.15, 0.2) is 6.61 Å². The van der Waals surface area contributed by atoms with Crippen molar-refractivity contribution in [2.75, 3.05) is 13.7 Å². The summed E-state index contributed by atoms with van der Waals surface area (Å²) >= 11 is 0. The maximum Gasteiger partial charge on any atom is 0.344 e. The molecular formula is C19H28O8. The average molecular weight is 384 g/mol. The summed E-state index contributed by atoms with van der Waals surface area (Å²) in [4.78, 5) is 46.5. The van der Waals surface area contributed by atoms with Crippen molar-refractivity contribution in [2.45, 2.75) is 58.7 Å². The van der Waals surface area contributed by atoms with Gasteiger partial charge in [-0.2, -0.15) is 0 Å². The first-order chi connectivity index (χ1) is 12.6. The van der Waals surface area contributed by atoms with E-state index in [2.05, 4.69) is 11.3 Å². The molecule has 4 atom stereocenters. The molecule has 0 aliphatic heterocycles. The standard InChI is InChI=1S/C19H28O8/c1-11(2)19(23)25-10-18(22)27-15-9-13(4)12(3)8-14(15)26-17(21)7-6-16(20)24-5/h12-15H,1,6-10H2,2-5H3/t12-,13?,14?,15?/m0/s1. The van der Waals surface area contributed by atoms with Gasteiger partial charge in [-0.15, -0.1) is 0 Å². The molecule has 0 spiro atoms. The van der Waals surface area contributed by atoms with E-state index in [4.69, 9.17) is 14.2 Å². The van der Waals surface area contributed by atoms with Crippen LogP contribution in [-0.2, 0) is 38.1 Å². The quantitative estimate of drug-likeness (QED) is 0.355. The molecule has 27 heavy (non-hydrogen) atoms. The fourth-order valence-corrected chi connectivity index (χ4v) is 2.73. The minimum Gasteiger partial charge on any atom is -0.469 e. The lowest BCUT2D eigenvalue weighted by Gasteiger charge is -2.37. The number of hydrogen-bond acceptors (Lipinski definition) is 8. The smallest absolute Gasteiger partial charge is 0.344 e. The van der Waals surface area contributed by atoms with Gasteiger partial charge in [0.05, 0.1) is 20.0 Å². The Morgan fingerprint density at radius 2 is 1.37 bits per heavy atom. The molecule has 0 aromatic heterocycles. The van der Waals surface area contributed by atoms with Crippen LogP contribution < -0.4 is 0 Å². The van der Waals surface area contributed by atoms with Crippen molar-refractivity contribution in [2.24, 2.45) is 11.8 Å². The molecule has 0 radical (unpaired) electrons. The van der Waals surface area contributed by atoms with Crippen LogP contribution in [0.1, 0.15) is 46.5 Å². The Morgan fingerprint density at radius 3 is 1.85 bits per heavy atom. The monoisotopic (exact) mass is 384 g/mol. The van der Waals surface area contributed by atoms with Crippen molar-refractivity contribution >= 4 is 23.9 Å². The van der Waals surface area contributed by atoms with E-state index in [1.807, 2.05) is 13.8 Å². The molecule has 0 N–H and O–H groups in total. The van der Waals surface area contributed by atoms with Crippen molar-refractivity contribution in [3.8, 4) is 0 Å². The predicted octanol–water partition coefficient (Wildman–Crippen LogP) is 1.95. The van der Waals surface area contributed by atoms with Crippen LogP contribution in [0, 0.1) is 11.8 Å². The Labute approximate surface area is 159 Å². The van der Waals surface area contributed by atoms with Crippen molar-refractivity contribution in [1.82, 2.24) is 0 Å². The molecule has 1 aliphatic carbocycles. The van der Waals surface area contributed by atoms with Crippen molar-refractivity contribution in [3.63, 3.8) is 0 Å². The minimum absolute atomic E-state index is 0.0741. The summed E-state index contributed by atoms with van der Waals surface area (Å²) in [5.74, 6) is -1.90. The molecular weight excluding hydrogens is 356 g/mol. The molecule has 0 amide bonds. The Bertz CT molecular complexity index is 582. The second-order valence-corrected chi connectivity index (χ2v) is 6.92. The highest BCUT2D eigenvalue weighted by Crippen LogP contribution is 2.33.